The summed E-state index contributed by atoms with van der Waals surface area (Å²) in [6.07, 6.45) is 5.01. The van der Waals surface area contributed by atoms with Gasteiger partial charge in [0.15, 0.2) is 0 Å². The van der Waals surface area contributed by atoms with Crippen LogP contribution in [0.25, 0.3) is 0 Å². The summed E-state index contributed by atoms with van der Waals surface area (Å²) in [6.45, 7) is 5.94. The van der Waals surface area contributed by atoms with Crippen molar-refractivity contribution in [2.45, 2.75) is 52.0 Å². The Kier molecular flexibility index (Phi) is 4.89. The van der Waals surface area contributed by atoms with Crippen LogP contribution in [-0.4, -0.2) is 41.1 Å². The fraction of sp³-hybridized carbons (Fsp3) is 0.867. The first-order chi connectivity index (χ1) is 9.49. The molecule has 0 aromatic heterocycles. The number of carboxylic acids is 1. The van der Waals surface area contributed by atoms with Crippen molar-refractivity contribution in [2.75, 3.05) is 13.1 Å². The number of amides is 2. The number of likely N-dealkylation sites (tertiary alicyclic amines) is 1. The van der Waals surface area contributed by atoms with Crippen molar-refractivity contribution in [1.82, 2.24) is 10.2 Å². The third kappa shape index (κ3) is 3.87. The molecule has 2 atom stereocenters. The van der Waals surface area contributed by atoms with Gasteiger partial charge >= 0.3 is 12.0 Å². The minimum atomic E-state index is -0.907. The van der Waals surface area contributed by atoms with Gasteiger partial charge in [-0.3, -0.25) is 0 Å². The Bertz CT molecular complexity index is 366. The van der Waals surface area contributed by atoms with Crippen LogP contribution in [0.3, 0.4) is 0 Å². The van der Waals surface area contributed by atoms with E-state index in [9.17, 15) is 9.59 Å². The van der Waals surface area contributed by atoms with Crippen molar-refractivity contribution >= 4 is 12.0 Å². The molecule has 5 heteroatoms. The second-order valence-corrected chi connectivity index (χ2v) is 6.52. The monoisotopic (exact) mass is 282 g/mol. The van der Waals surface area contributed by atoms with E-state index >= 15 is 0 Å². The van der Waals surface area contributed by atoms with Gasteiger partial charge in [-0.15, -0.1) is 0 Å². The molecule has 2 amide bonds. The normalized spacial score (nSPS) is 25.1. The van der Waals surface area contributed by atoms with Crippen LogP contribution < -0.4 is 5.32 Å². The van der Waals surface area contributed by atoms with Crippen molar-refractivity contribution < 1.29 is 14.7 Å². The number of rotatable bonds is 4. The molecular formula is C15H26N2O3. The highest BCUT2D eigenvalue weighted by atomic mass is 16.4. The zero-order valence-electron chi connectivity index (χ0n) is 12.5. The van der Waals surface area contributed by atoms with Gasteiger partial charge in [0.1, 0.15) is 6.04 Å². The number of carbonyl (C=O) groups excluding carboxylic acids is 1. The van der Waals surface area contributed by atoms with Gasteiger partial charge in [0.05, 0.1) is 0 Å². The quantitative estimate of drug-likeness (QED) is 0.831. The third-order valence-electron chi connectivity index (χ3n) is 4.64. The molecule has 0 bridgehead atoms. The summed E-state index contributed by atoms with van der Waals surface area (Å²) < 4.78 is 0. The van der Waals surface area contributed by atoms with Crippen LogP contribution in [0.15, 0.2) is 0 Å². The van der Waals surface area contributed by atoms with Gasteiger partial charge in [-0.05, 0) is 49.9 Å². The summed E-state index contributed by atoms with van der Waals surface area (Å²) >= 11 is 0. The van der Waals surface area contributed by atoms with Gasteiger partial charge in [0.25, 0.3) is 0 Å². The highest BCUT2D eigenvalue weighted by Crippen LogP contribution is 2.33. The van der Waals surface area contributed by atoms with Crippen molar-refractivity contribution in [2.24, 2.45) is 17.8 Å². The van der Waals surface area contributed by atoms with Gasteiger partial charge in [0, 0.05) is 13.1 Å². The number of nitrogens with zero attached hydrogens (tertiary/aromatic N) is 1. The second kappa shape index (κ2) is 6.46. The van der Waals surface area contributed by atoms with E-state index in [2.05, 4.69) is 19.2 Å². The molecule has 0 radical (unpaired) electrons. The topological polar surface area (TPSA) is 69.6 Å². The molecule has 2 fully saturated rings. The summed E-state index contributed by atoms with van der Waals surface area (Å²) in [4.78, 5) is 25.2. The first-order valence-corrected chi connectivity index (χ1v) is 7.77. The maximum atomic E-state index is 12.2. The van der Waals surface area contributed by atoms with Crippen LogP contribution in [0.5, 0.6) is 0 Å². The van der Waals surface area contributed by atoms with Crippen LogP contribution in [0.1, 0.15) is 46.0 Å². The largest absolute Gasteiger partial charge is 0.480 e. The van der Waals surface area contributed by atoms with Crippen LogP contribution in [0, 0.1) is 17.8 Å². The zero-order chi connectivity index (χ0) is 14.7. The average Bonchev–Trinajstić information content (AvgIpc) is 3.20. The molecule has 2 aliphatic rings. The molecule has 2 N–H and O–H groups in total. The average molecular weight is 282 g/mol. The SMILES string of the molecule is CC(C)C1CCCN(C(=O)NC(C(=O)O)C2CC2)CC1. The summed E-state index contributed by atoms with van der Waals surface area (Å²) in [6, 6.07) is -0.902. The highest BCUT2D eigenvalue weighted by Gasteiger charge is 2.38. The Morgan fingerprint density at radius 3 is 2.35 bits per heavy atom. The minimum absolute atomic E-state index is 0.131. The molecule has 1 heterocycles. The lowest BCUT2D eigenvalue weighted by atomic mass is 9.89. The maximum Gasteiger partial charge on any atom is 0.326 e. The summed E-state index contributed by atoms with van der Waals surface area (Å²) in [5.41, 5.74) is 0. The molecule has 114 valence electrons. The first-order valence-electron chi connectivity index (χ1n) is 7.77. The van der Waals surface area contributed by atoms with E-state index in [0.717, 1.165) is 45.2 Å². The van der Waals surface area contributed by atoms with E-state index in [1.807, 2.05) is 0 Å². The first kappa shape index (κ1) is 15.1. The molecule has 0 aromatic rings. The Hall–Kier alpha value is -1.26. The lowest BCUT2D eigenvalue weighted by molar-refractivity contribution is -0.139. The molecule has 2 rings (SSSR count). The molecular weight excluding hydrogens is 256 g/mol. The molecule has 1 saturated carbocycles. The molecule has 5 nitrogen and oxygen atoms in total. The summed E-state index contributed by atoms with van der Waals surface area (Å²) in [7, 11) is 0. The lowest BCUT2D eigenvalue weighted by Gasteiger charge is -2.24. The summed E-state index contributed by atoms with van der Waals surface area (Å²) in [5, 5.41) is 11.9. The van der Waals surface area contributed by atoms with Gasteiger partial charge in [-0.25, -0.2) is 9.59 Å². The van der Waals surface area contributed by atoms with E-state index in [4.69, 9.17) is 5.11 Å². The van der Waals surface area contributed by atoms with Crippen LogP contribution in [-0.2, 0) is 4.79 Å². The highest BCUT2D eigenvalue weighted by molar-refractivity contribution is 5.83. The Morgan fingerprint density at radius 2 is 1.80 bits per heavy atom. The zero-order valence-corrected chi connectivity index (χ0v) is 12.5. The molecule has 0 aromatic carbocycles. The van der Waals surface area contributed by atoms with Crippen molar-refractivity contribution in [3.05, 3.63) is 0 Å². The smallest absolute Gasteiger partial charge is 0.326 e. The molecule has 1 aliphatic heterocycles. The predicted molar refractivity (Wildman–Crippen MR) is 76.4 cm³/mol. The van der Waals surface area contributed by atoms with E-state index in [0.29, 0.717) is 11.8 Å². The molecule has 2 unspecified atom stereocenters. The second-order valence-electron chi connectivity index (χ2n) is 6.52. The third-order valence-corrected chi connectivity index (χ3v) is 4.64. The Balaban J connectivity index is 1.87. The Morgan fingerprint density at radius 1 is 1.10 bits per heavy atom. The van der Waals surface area contributed by atoms with Crippen molar-refractivity contribution in [3.63, 3.8) is 0 Å². The summed E-state index contributed by atoms with van der Waals surface area (Å²) in [5.74, 6) is 0.547. The van der Waals surface area contributed by atoms with E-state index in [1.54, 1.807) is 4.90 Å². The van der Waals surface area contributed by atoms with Crippen molar-refractivity contribution in [1.29, 1.82) is 0 Å². The van der Waals surface area contributed by atoms with Gasteiger partial charge in [-0.2, -0.15) is 0 Å². The fourth-order valence-electron chi connectivity index (χ4n) is 3.03. The number of urea groups is 1. The minimum Gasteiger partial charge on any atom is -0.480 e. The maximum absolute atomic E-state index is 12.2. The van der Waals surface area contributed by atoms with Crippen LogP contribution in [0.2, 0.25) is 0 Å². The molecule has 1 saturated heterocycles. The van der Waals surface area contributed by atoms with Gasteiger partial charge in [-0.1, -0.05) is 13.8 Å². The number of hydrogen-bond donors (Lipinski definition) is 2. The number of carboxylic acid groups (broad SMARTS) is 1. The fourth-order valence-corrected chi connectivity index (χ4v) is 3.03. The molecule has 1 aliphatic carbocycles. The van der Waals surface area contributed by atoms with Gasteiger partial charge < -0.3 is 15.3 Å². The van der Waals surface area contributed by atoms with E-state index in [1.165, 1.54) is 0 Å². The Labute approximate surface area is 120 Å². The lowest BCUT2D eigenvalue weighted by Crippen LogP contribution is -2.49. The van der Waals surface area contributed by atoms with Crippen LogP contribution >= 0.6 is 0 Å². The number of nitrogens with one attached hydrogen (secondary N) is 1. The molecule has 20 heavy (non-hydrogen) atoms. The van der Waals surface area contributed by atoms with E-state index in [-0.39, 0.29) is 11.9 Å². The van der Waals surface area contributed by atoms with Crippen LogP contribution in [0.4, 0.5) is 4.79 Å². The predicted octanol–water partition coefficient (Wildman–Crippen LogP) is 2.32. The number of carbonyl (C=O) groups is 2. The number of hydrogen-bond acceptors (Lipinski definition) is 2. The molecule has 0 spiro atoms. The van der Waals surface area contributed by atoms with Gasteiger partial charge in [0.2, 0.25) is 0 Å². The van der Waals surface area contributed by atoms with Crippen molar-refractivity contribution in [3.8, 4) is 0 Å². The number of aliphatic carboxylic acids is 1. The van der Waals surface area contributed by atoms with E-state index < -0.39 is 12.0 Å². The standard InChI is InChI=1S/C15H26N2O3/c1-10(2)11-4-3-8-17(9-7-11)15(20)16-13(14(18)19)12-5-6-12/h10-13H,3-9H2,1-2H3,(H,16,20)(H,18,19).